The van der Waals surface area contributed by atoms with Crippen LogP contribution in [0.4, 0.5) is 0 Å². The molecule has 0 saturated carbocycles. The maximum absolute atomic E-state index is 12.3. The molecule has 6 heteroatoms. The Bertz CT molecular complexity index is 1010. The summed E-state index contributed by atoms with van der Waals surface area (Å²) in [6.07, 6.45) is 0. The molecule has 0 aliphatic heterocycles. The van der Waals surface area contributed by atoms with E-state index in [1.54, 1.807) is 12.1 Å². The van der Waals surface area contributed by atoms with Gasteiger partial charge in [0.25, 0.3) is 5.91 Å². The van der Waals surface area contributed by atoms with Gasteiger partial charge in [-0.25, -0.2) is 4.79 Å². The average molecular weight is 398 g/mol. The van der Waals surface area contributed by atoms with Gasteiger partial charge in [0.1, 0.15) is 11.3 Å². The molecule has 0 spiro atoms. The molecule has 1 N–H and O–H groups in total. The second-order valence-corrected chi connectivity index (χ2v) is 6.71. The quantitative estimate of drug-likeness (QED) is 0.620. The van der Waals surface area contributed by atoms with Gasteiger partial charge in [0, 0.05) is 5.02 Å². The number of hydrogen-bond donors (Lipinski definition) is 1. The lowest BCUT2D eigenvalue weighted by atomic mass is 10.00. The zero-order chi connectivity index (χ0) is 20.1. The Morgan fingerprint density at radius 2 is 1.82 bits per heavy atom. The van der Waals surface area contributed by atoms with Crippen molar-refractivity contribution in [2.24, 2.45) is 0 Å². The monoisotopic (exact) mass is 397 g/mol. The highest BCUT2D eigenvalue weighted by atomic mass is 35.5. The van der Waals surface area contributed by atoms with E-state index >= 15 is 0 Å². The molecule has 0 aliphatic rings. The lowest BCUT2D eigenvalue weighted by molar-refractivity contribution is -0.124. The number of amides is 1. The Hall–Kier alpha value is -3.05. The van der Waals surface area contributed by atoms with Crippen LogP contribution in [-0.4, -0.2) is 25.6 Å². The van der Waals surface area contributed by atoms with Crippen molar-refractivity contribution in [2.45, 2.75) is 13.0 Å². The number of hydrogen-bond acceptors (Lipinski definition) is 4. The average Bonchev–Trinajstić information content (AvgIpc) is 2.71. The van der Waals surface area contributed by atoms with Gasteiger partial charge in [0.15, 0.2) is 6.61 Å². The van der Waals surface area contributed by atoms with E-state index in [4.69, 9.17) is 21.1 Å². The molecule has 3 rings (SSSR count). The number of esters is 1. The summed E-state index contributed by atoms with van der Waals surface area (Å²) in [5.41, 5.74) is 1.17. The van der Waals surface area contributed by atoms with Crippen molar-refractivity contribution in [2.75, 3.05) is 13.7 Å². The summed E-state index contributed by atoms with van der Waals surface area (Å²) in [6, 6.07) is 18.3. The Labute approximate surface area is 168 Å². The molecule has 1 atom stereocenters. The van der Waals surface area contributed by atoms with Gasteiger partial charge >= 0.3 is 5.97 Å². The summed E-state index contributed by atoms with van der Waals surface area (Å²) in [6.45, 7) is 1.49. The first-order valence-electron chi connectivity index (χ1n) is 8.77. The van der Waals surface area contributed by atoms with E-state index < -0.39 is 18.5 Å². The molecule has 1 amide bonds. The first-order valence-corrected chi connectivity index (χ1v) is 9.15. The summed E-state index contributed by atoms with van der Waals surface area (Å²) >= 11 is 5.92. The first kappa shape index (κ1) is 19.7. The summed E-state index contributed by atoms with van der Waals surface area (Å²) in [5.74, 6) is -0.735. The standard InChI is InChI=1S/C22H20ClNO4/c1-14(17-9-5-7-15-6-3-4-8-18(15)17)24-21(25)13-28-22(26)19-12-16(23)10-11-20(19)27-2/h3-12,14H,13H2,1-2H3,(H,24,25)/t14-/m0/s1. The molecule has 0 unspecified atom stereocenters. The third-order valence-electron chi connectivity index (χ3n) is 4.38. The lowest BCUT2D eigenvalue weighted by Gasteiger charge is -2.17. The fourth-order valence-corrected chi connectivity index (χ4v) is 3.21. The number of nitrogens with one attached hydrogen (secondary N) is 1. The minimum absolute atomic E-state index is 0.171. The number of fused-ring (bicyclic) bond motifs is 1. The van der Waals surface area contributed by atoms with Crippen LogP contribution in [0.2, 0.25) is 5.02 Å². The van der Waals surface area contributed by atoms with Crippen molar-refractivity contribution in [3.05, 3.63) is 76.8 Å². The molecule has 0 bridgehead atoms. The van der Waals surface area contributed by atoms with Gasteiger partial charge in [0.05, 0.1) is 13.2 Å². The molecule has 0 aliphatic carbocycles. The van der Waals surface area contributed by atoms with Crippen LogP contribution in [-0.2, 0) is 9.53 Å². The molecule has 0 fully saturated rings. The molecule has 0 heterocycles. The van der Waals surface area contributed by atoms with Gasteiger partial charge in [0.2, 0.25) is 0 Å². The Balaban J connectivity index is 1.64. The number of carbonyl (C=O) groups excluding carboxylic acids is 2. The molecular weight excluding hydrogens is 378 g/mol. The highest BCUT2D eigenvalue weighted by Gasteiger charge is 2.17. The summed E-state index contributed by atoms with van der Waals surface area (Å²) in [5, 5.41) is 5.40. The molecule has 3 aromatic carbocycles. The highest BCUT2D eigenvalue weighted by Crippen LogP contribution is 2.25. The topological polar surface area (TPSA) is 64.6 Å². The van der Waals surface area contributed by atoms with Crippen LogP contribution in [0.5, 0.6) is 5.75 Å². The molecule has 5 nitrogen and oxygen atoms in total. The van der Waals surface area contributed by atoms with Crippen molar-refractivity contribution in [1.82, 2.24) is 5.32 Å². The van der Waals surface area contributed by atoms with E-state index in [0.29, 0.717) is 10.8 Å². The van der Waals surface area contributed by atoms with Gasteiger partial charge < -0.3 is 14.8 Å². The first-order chi connectivity index (χ1) is 13.5. The van der Waals surface area contributed by atoms with Crippen molar-refractivity contribution < 1.29 is 19.1 Å². The van der Waals surface area contributed by atoms with Gasteiger partial charge in [-0.2, -0.15) is 0 Å². The predicted octanol–water partition coefficient (Wildman–Crippen LogP) is 4.54. The van der Waals surface area contributed by atoms with E-state index in [2.05, 4.69) is 5.32 Å². The number of benzene rings is 3. The molecule has 144 valence electrons. The van der Waals surface area contributed by atoms with Crippen molar-refractivity contribution >= 4 is 34.2 Å². The third-order valence-corrected chi connectivity index (χ3v) is 4.62. The molecule has 0 saturated heterocycles. The van der Waals surface area contributed by atoms with Crippen LogP contribution in [0.3, 0.4) is 0 Å². The van der Waals surface area contributed by atoms with Crippen LogP contribution in [0, 0.1) is 0 Å². The second kappa shape index (κ2) is 8.76. The number of halogens is 1. The molecule has 0 radical (unpaired) electrons. The van der Waals surface area contributed by atoms with Gasteiger partial charge in [-0.3, -0.25) is 4.79 Å². The molecular formula is C22H20ClNO4. The van der Waals surface area contributed by atoms with E-state index in [1.807, 2.05) is 49.4 Å². The van der Waals surface area contributed by atoms with E-state index in [1.165, 1.54) is 13.2 Å². The zero-order valence-electron chi connectivity index (χ0n) is 15.6. The van der Waals surface area contributed by atoms with Crippen LogP contribution >= 0.6 is 11.6 Å². The van der Waals surface area contributed by atoms with E-state index in [-0.39, 0.29) is 11.6 Å². The fraction of sp³-hybridized carbons (Fsp3) is 0.182. The molecule has 0 aromatic heterocycles. The summed E-state index contributed by atoms with van der Waals surface area (Å²) in [7, 11) is 1.44. The molecule has 28 heavy (non-hydrogen) atoms. The third kappa shape index (κ3) is 4.43. The maximum atomic E-state index is 12.3. The van der Waals surface area contributed by atoms with Crippen molar-refractivity contribution in [1.29, 1.82) is 0 Å². The normalized spacial score (nSPS) is 11.7. The summed E-state index contributed by atoms with van der Waals surface area (Å²) < 4.78 is 10.3. The zero-order valence-corrected chi connectivity index (χ0v) is 16.3. The van der Waals surface area contributed by atoms with Crippen LogP contribution in [0.1, 0.15) is 28.9 Å². The number of methoxy groups -OCH3 is 1. The predicted molar refractivity (Wildman–Crippen MR) is 109 cm³/mol. The number of ether oxygens (including phenoxy) is 2. The SMILES string of the molecule is COc1ccc(Cl)cc1C(=O)OCC(=O)N[C@@H](C)c1cccc2ccccc12. The van der Waals surface area contributed by atoms with Crippen molar-refractivity contribution in [3.8, 4) is 5.75 Å². The largest absolute Gasteiger partial charge is 0.496 e. The van der Waals surface area contributed by atoms with Crippen molar-refractivity contribution in [3.63, 3.8) is 0 Å². The van der Waals surface area contributed by atoms with Crippen LogP contribution in [0.25, 0.3) is 10.8 Å². The highest BCUT2D eigenvalue weighted by molar-refractivity contribution is 6.31. The smallest absolute Gasteiger partial charge is 0.342 e. The van der Waals surface area contributed by atoms with Gasteiger partial charge in [-0.05, 0) is 41.5 Å². The van der Waals surface area contributed by atoms with E-state index in [9.17, 15) is 9.59 Å². The molecule has 3 aromatic rings. The maximum Gasteiger partial charge on any atom is 0.342 e. The van der Waals surface area contributed by atoms with Crippen LogP contribution < -0.4 is 10.1 Å². The lowest BCUT2D eigenvalue weighted by Crippen LogP contribution is -2.31. The number of rotatable bonds is 6. The minimum atomic E-state index is -0.674. The second-order valence-electron chi connectivity index (χ2n) is 6.28. The Morgan fingerprint density at radius 3 is 2.61 bits per heavy atom. The van der Waals surface area contributed by atoms with Gasteiger partial charge in [-0.1, -0.05) is 54.1 Å². The number of carbonyl (C=O) groups is 2. The van der Waals surface area contributed by atoms with Crippen LogP contribution in [0.15, 0.2) is 60.7 Å². The Kier molecular flexibility index (Phi) is 6.16. The fourth-order valence-electron chi connectivity index (χ4n) is 3.04. The van der Waals surface area contributed by atoms with E-state index in [0.717, 1.165) is 16.3 Å². The minimum Gasteiger partial charge on any atom is -0.496 e. The Morgan fingerprint density at radius 1 is 1.07 bits per heavy atom. The van der Waals surface area contributed by atoms with Gasteiger partial charge in [-0.15, -0.1) is 0 Å². The summed E-state index contributed by atoms with van der Waals surface area (Å²) in [4.78, 5) is 24.5.